The Morgan fingerprint density at radius 2 is 1.69 bits per heavy atom. The van der Waals surface area contributed by atoms with Gasteiger partial charge in [-0.2, -0.15) is 0 Å². The maximum absolute atomic E-state index is 12.1. The first kappa shape index (κ1) is 18.7. The van der Waals surface area contributed by atoms with Crippen LogP contribution >= 0.6 is 0 Å². The second-order valence-electron chi connectivity index (χ2n) is 8.35. The predicted octanol–water partition coefficient (Wildman–Crippen LogP) is 5.79. The maximum Gasteiger partial charge on any atom is 0.337 e. The second-order valence-corrected chi connectivity index (χ2v) is 8.35. The van der Waals surface area contributed by atoms with Gasteiger partial charge in [-0.25, -0.2) is 4.79 Å². The molecule has 1 aliphatic carbocycles. The average Bonchev–Trinajstić information content (AvgIpc) is 3.37. The molecule has 0 heterocycles. The zero-order chi connectivity index (χ0) is 19.1. The molecule has 0 spiro atoms. The van der Waals surface area contributed by atoms with Crippen molar-refractivity contribution in [1.29, 1.82) is 0 Å². The molecule has 1 saturated carbocycles. The summed E-state index contributed by atoms with van der Waals surface area (Å²) in [7, 11) is 0. The average molecular weight is 352 g/mol. The fraction of sp³-hybridized carbons (Fsp3) is 0.435. The van der Waals surface area contributed by atoms with E-state index >= 15 is 0 Å². The van der Waals surface area contributed by atoms with Crippen LogP contribution in [0.4, 0.5) is 0 Å². The topological polar surface area (TPSA) is 46.5 Å². The second kappa shape index (κ2) is 6.88. The van der Waals surface area contributed by atoms with E-state index in [2.05, 4.69) is 37.3 Å². The zero-order valence-corrected chi connectivity index (χ0v) is 16.3. The Balaban J connectivity index is 2.24. The number of benzene rings is 2. The molecule has 1 unspecified atom stereocenters. The van der Waals surface area contributed by atoms with Crippen molar-refractivity contribution in [1.82, 2.24) is 0 Å². The third-order valence-corrected chi connectivity index (χ3v) is 4.81. The number of hydrogen-bond donors (Lipinski definition) is 1. The van der Waals surface area contributed by atoms with Gasteiger partial charge in [-0.05, 0) is 75.6 Å². The highest BCUT2D eigenvalue weighted by Gasteiger charge is 2.34. The first-order valence-electron chi connectivity index (χ1n) is 9.28. The van der Waals surface area contributed by atoms with Crippen LogP contribution in [-0.4, -0.2) is 16.7 Å². The molecule has 0 bridgehead atoms. The standard InChI is InChI=1S/C23H28O3/c1-14-6-9-17(10-7-14)20-18(16-11-12-16)13-8-15(2)19(20)21(22(24)25)26-23(3,4)5/h6-10,13,16,21H,11-12H2,1-5H3,(H,24,25). The van der Waals surface area contributed by atoms with Gasteiger partial charge in [0.05, 0.1) is 5.60 Å². The number of hydrogen-bond acceptors (Lipinski definition) is 2. The van der Waals surface area contributed by atoms with Gasteiger partial charge >= 0.3 is 5.97 Å². The van der Waals surface area contributed by atoms with Crippen molar-refractivity contribution in [3.05, 3.63) is 58.7 Å². The fourth-order valence-corrected chi connectivity index (χ4v) is 3.44. The lowest BCUT2D eigenvalue weighted by Crippen LogP contribution is -2.28. The van der Waals surface area contributed by atoms with Gasteiger partial charge in [-0.3, -0.25) is 0 Å². The van der Waals surface area contributed by atoms with Crippen molar-refractivity contribution in [2.24, 2.45) is 0 Å². The van der Waals surface area contributed by atoms with Gasteiger partial charge in [0.15, 0.2) is 6.10 Å². The summed E-state index contributed by atoms with van der Waals surface area (Å²) in [6.07, 6.45) is 1.35. The van der Waals surface area contributed by atoms with Gasteiger partial charge in [0, 0.05) is 5.56 Å². The number of carbonyl (C=O) groups is 1. The molecule has 3 nitrogen and oxygen atoms in total. The Bertz CT molecular complexity index is 809. The lowest BCUT2D eigenvalue weighted by Gasteiger charge is -2.29. The number of aryl methyl sites for hydroxylation is 2. The van der Waals surface area contributed by atoms with Crippen LogP contribution < -0.4 is 0 Å². The smallest absolute Gasteiger partial charge is 0.337 e. The molecular weight excluding hydrogens is 324 g/mol. The van der Waals surface area contributed by atoms with Crippen LogP contribution in [0.5, 0.6) is 0 Å². The van der Waals surface area contributed by atoms with E-state index < -0.39 is 17.7 Å². The number of carboxylic acids is 1. The van der Waals surface area contributed by atoms with E-state index in [1.165, 1.54) is 24.0 Å². The highest BCUT2D eigenvalue weighted by atomic mass is 16.5. The molecule has 0 aromatic heterocycles. The van der Waals surface area contributed by atoms with E-state index in [0.29, 0.717) is 5.92 Å². The van der Waals surface area contributed by atoms with Crippen molar-refractivity contribution in [3.63, 3.8) is 0 Å². The van der Waals surface area contributed by atoms with Crippen LogP contribution in [0.2, 0.25) is 0 Å². The van der Waals surface area contributed by atoms with E-state index in [4.69, 9.17) is 4.74 Å². The minimum absolute atomic E-state index is 0.523. The summed E-state index contributed by atoms with van der Waals surface area (Å²) < 4.78 is 6.01. The maximum atomic E-state index is 12.1. The number of carboxylic acid groups (broad SMARTS) is 1. The minimum atomic E-state index is -0.981. The number of ether oxygens (including phenoxy) is 1. The monoisotopic (exact) mass is 352 g/mol. The van der Waals surface area contributed by atoms with E-state index in [0.717, 1.165) is 22.3 Å². The first-order valence-corrected chi connectivity index (χ1v) is 9.28. The van der Waals surface area contributed by atoms with E-state index in [1.54, 1.807) is 0 Å². The SMILES string of the molecule is Cc1ccc(-c2c(C3CC3)ccc(C)c2C(OC(C)(C)C)C(=O)O)cc1. The van der Waals surface area contributed by atoms with Gasteiger partial charge in [0.25, 0.3) is 0 Å². The van der Waals surface area contributed by atoms with Gasteiger partial charge in [0.1, 0.15) is 0 Å². The van der Waals surface area contributed by atoms with Crippen LogP contribution in [0.15, 0.2) is 36.4 Å². The molecule has 3 rings (SSSR count). The molecule has 1 fully saturated rings. The van der Waals surface area contributed by atoms with E-state index in [1.807, 2.05) is 33.8 Å². The lowest BCUT2D eigenvalue weighted by molar-refractivity contribution is -0.160. The zero-order valence-electron chi connectivity index (χ0n) is 16.3. The van der Waals surface area contributed by atoms with Crippen LogP contribution in [-0.2, 0) is 9.53 Å². The summed E-state index contributed by atoms with van der Waals surface area (Å²) in [6.45, 7) is 9.73. The Kier molecular flexibility index (Phi) is 4.94. The highest BCUT2D eigenvalue weighted by molar-refractivity contribution is 5.83. The molecule has 26 heavy (non-hydrogen) atoms. The van der Waals surface area contributed by atoms with Crippen molar-refractivity contribution in [2.75, 3.05) is 0 Å². The third kappa shape index (κ3) is 3.99. The van der Waals surface area contributed by atoms with Gasteiger partial charge in [-0.1, -0.05) is 42.0 Å². The van der Waals surface area contributed by atoms with Crippen LogP contribution in [0.1, 0.15) is 67.9 Å². The fourth-order valence-electron chi connectivity index (χ4n) is 3.44. The van der Waals surface area contributed by atoms with Crippen LogP contribution in [0.3, 0.4) is 0 Å². The first-order chi connectivity index (χ1) is 12.2. The van der Waals surface area contributed by atoms with Gasteiger partial charge in [-0.15, -0.1) is 0 Å². The Morgan fingerprint density at radius 1 is 1.08 bits per heavy atom. The van der Waals surface area contributed by atoms with Crippen molar-refractivity contribution in [2.45, 2.75) is 65.1 Å². The van der Waals surface area contributed by atoms with E-state index in [-0.39, 0.29) is 0 Å². The van der Waals surface area contributed by atoms with Crippen molar-refractivity contribution in [3.8, 4) is 11.1 Å². The molecule has 2 aromatic carbocycles. The summed E-state index contributed by atoms with van der Waals surface area (Å²) in [6, 6.07) is 12.6. The molecule has 3 heteroatoms. The summed E-state index contributed by atoms with van der Waals surface area (Å²) in [5.74, 6) is -0.418. The summed E-state index contributed by atoms with van der Waals surface area (Å²) in [4.78, 5) is 12.1. The van der Waals surface area contributed by atoms with Crippen LogP contribution in [0, 0.1) is 13.8 Å². The molecular formula is C23H28O3. The molecule has 2 aromatic rings. The van der Waals surface area contributed by atoms with Crippen molar-refractivity contribution < 1.29 is 14.6 Å². The predicted molar refractivity (Wildman–Crippen MR) is 105 cm³/mol. The quantitative estimate of drug-likeness (QED) is 0.741. The Morgan fingerprint density at radius 3 is 2.19 bits per heavy atom. The summed E-state index contributed by atoms with van der Waals surface area (Å²) in [5, 5.41) is 9.95. The largest absolute Gasteiger partial charge is 0.479 e. The third-order valence-electron chi connectivity index (χ3n) is 4.81. The highest BCUT2D eigenvalue weighted by Crippen LogP contribution is 2.48. The van der Waals surface area contributed by atoms with Crippen LogP contribution in [0.25, 0.3) is 11.1 Å². The molecule has 0 aliphatic heterocycles. The van der Waals surface area contributed by atoms with Gasteiger partial charge < -0.3 is 9.84 Å². The summed E-state index contributed by atoms with van der Waals surface area (Å²) >= 11 is 0. The Hall–Kier alpha value is -2.13. The molecule has 1 N–H and O–H groups in total. The molecule has 1 aliphatic rings. The summed E-state index contributed by atoms with van der Waals surface area (Å²) in [5.41, 5.74) is 5.76. The lowest BCUT2D eigenvalue weighted by atomic mass is 9.86. The molecule has 138 valence electrons. The molecule has 0 amide bonds. The number of rotatable bonds is 5. The molecule has 0 saturated heterocycles. The van der Waals surface area contributed by atoms with E-state index in [9.17, 15) is 9.90 Å². The van der Waals surface area contributed by atoms with Crippen molar-refractivity contribution >= 4 is 5.97 Å². The Labute approximate surface area is 156 Å². The minimum Gasteiger partial charge on any atom is -0.479 e. The number of aliphatic carboxylic acids is 1. The molecule has 0 radical (unpaired) electrons. The molecule has 1 atom stereocenters. The normalized spacial score (nSPS) is 15.7. The van der Waals surface area contributed by atoms with Gasteiger partial charge in [0.2, 0.25) is 0 Å².